The quantitative estimate of drug-likeness (QED) is 0.467. The lowest BCUT2D eigenvalue weighted by Gasteiger charge is -2.39. The molecule has 2 aromatic rings. The highest BCUT2D eigenvalue weighted by Gasteiger charge is 2.44. The van der Waals surface area contributed by atoms with Gasteiger partial charge in [-0.15, -0.1) is 0 Å². The normalized spacial score (nSPS) is 29.7. The van der Waals surface area contributed by atoms with E-state index in [1.807, 2.05) is 0 Å². The highest BCUT2D eigenvalue weighted by atomic mass is 16.7. The number of benzene rings is 1. The summed E-state index contributed by atoms with van der Waals surface area (Å²) in [5, 5.41) is 49.0. The van der Waals surface area contributed by atoms with E-state index in [0.29, 0.717) is 11.1 Å². The molecule has 5 N–H and O–H groups in total. The van der Waals surface area contributed by atoms with Crippen molar-refractivity contribution in [3.63, 3.8) is 0 Å². The highest BCUT2D eigenvalue weighted by Crippen LogP contribution is 2.32. The van der Waals surface area contributed by atoms with Crippen molar-refractivity contribution in [3.8, 4) is 11.5 Å². The molecule has 0 aliphatic carbocycles. The lowest BCUT2D eigenvalue weighted by molar-refractivity contribution is -0.277. The molecule has 9 heteroatoms. The minimum Gasteiger partial charge on any atom is -0.508 e. The molecule has 0 bridgehead atoms. The summed E-state index contributed by atoms with van der Waals surface area (Å²) in [6, 6.07) is 4.01. The van der Waals surface area contributed by atoms with E-state index >= 15 is 0 Å². The molecule has 1 aromatic carbocycles. The number of fused-ring (bicyclic) bond motifs is 1. The molecule has 0 amide bonds. The topological polar surface area (TPSA) is 150 Å². The van der Waals surface area contributed by atoms with Crippen LogP contribution in [0.5, 0.6) is 11.5 Å². The summed E-state index contributed by atoms with van der Waals surface area (Å²) in [6.07, 6.45) is -7.45. The Morgan fingerprint density at radius 2 is 1.84 bits per heavy atom. The molecular formula is C16H18O9. The standard InChI is InChI=1S/C16H18O9/c1-6-2-7-3-8(18)4-9(11(7)15(22)23-6)24-16-14(21)13(20)12(19)10(5-17)25-16/h2-4,10,12-14,16-21H,5H2,1H3/t10-,12-,13+,14-,16-/m1/s1. The van der Waals surface area contributed by atoms with E-state index in [2.05, 4.69) is 0 Å². The number of phenolic OH excluding ortho intramolecular Hbond substituents is 1. The number of ether oxygens (including phenoxy) is 2. The van der Waals surface area contributed by atoms with Crippen LogP contribution in [0.15, 0.2) is 27.4 Å². The molecule has 1 saturated heterocycles. The van der Waals surface area contributed by atoms with Crippen LogP contribution in [0.4, 0.5) is 0 Å². The molecule has 1 fully saturated rings. The first-order valence-electron chi connectivity index (χ1n) is 7.56. The fourth-order valence-corrected chi connectivity index (χ4v) is 2.78. The van der Waals surface area contributed by atoms with Crippen molar-refractivity contribution in [2.45, 2.75) is 37.6 Å². The summed E-state index contributed by atoms with van der Waals surface area (Å²) in [4.78, 5) is 12.1. The Hall–Kier alpha value is -2.17. The van der Waals surface area contributed by atoms with Gasteiger partial charge in [0.2, 0.25) is 6.29 Å². The number of aliphatic hydroxyl groups excluding tert-OH is 4. The lowest BCUT2D eigenvalue weighted by Crippen LogP contribution is -2.60. The van der Waals surface area contributed by atoms with Crippen LogP contribution in [0.3, 0.4) is 0 Å². The monoisotopic (exact) mass is 354 g/mol. The molecular weight excluding hydrogens is 336 g/mol. The van der Waals surface area contributed by atoms with Crippen LogP contribution >= 0.6 is 0 Å². The van der Waals surface area contributed by atoms with Crippen LogP contribution in [0.1, 0.15) is 5.76 Å². The van der Waals surface area contributed by atoms with Gasteiger partial charge in [0.15, 0.2) is 0 Å². The van der Waals surface area contributed by atoms with E-state index in [-0.39, 0.29) is 16.9 Å². The summed E-state index contributed by atoms with van der Waals surface area (Å²) < 4.78 is 15.7. The van der Waals surface area contributed by atoms with Gasteiger partial charge in [0.25, 0.3) is 0 Å². The van der Waals surface area contributed by atoms with Crippen molar-refractivity contribution in [2.75, 3.05) is 6.61 Å². The van der Waals surface area contributed by atoms with E-state index in [1.54, 1.807) is 6.92 Å². The average Bonchev–Trinajstić information content (AvgIpc) is 2.54. The first-order valence-corrected chi connectivity index (χ1v) is 7.56. The Bertz CT molecular complexity index is 823. The first-order chi connectivity index (χ1) is 11.8. The number of aryl methyl sites for hydroxylation is 1. The van der Waals surface area contributed by atoms with Crippen LogP contribution < -0.4 is 10.4 Å². The van der Waals surface area contributed by atoms with Gasteiger partial charge in [-0.25, -0.2) is 4.79 Å². The minimum absolute atomic E-state index is 0.0142. The Balaban J connectivity index is 2.01. The lowest BCUT2D eigenvalue weighted by atomic mass is 9.99. The van der Waals surface area contributed by atoms with E-state index in [0.717, 1.165) is 6.07 Å². The predicted octanol–water partition coefficient (Wildman–Crippen LogP) is -1.01. The summed E-state index contributed by atoms with van der Waals surface area (Å²) in [7, 11) is 0. The van der Waals surface area contributed by atoms with Gasteiger partial charge in [0, 0.05) is 6.07 Å². The summed E-state index contributed by atoms with van der Waals surface area (Å²) >= 11 is 0. The summed E-state index contributed by atoms with van der Waals surface area (Å²) in [5.41, 5.74) is -0.713. The van der Waals surface area contributed by atoms with Crippen LogP contribution in [0.2, 0.25) is 0 Å². The molecule has 1 aromatic heterocycles. The maximum absolute atomic E-state index is 12.1. The highest BCUT2D eigenvalue weighted by molar-refractivity contribution is 5.88. The Morgan fingerprint density at radius 3 is 2.52 bits per heavy atom. The van der Waals surface area contributed by atoms with Gasteiger partial charge in [-0.3, -0.25) is 0 Å². The molecule has 0 radical (unpaired) electrons. The van der Waals surface area contributed by atoms with Crippen LogP contribution in [-0.2, 0) is 4.74 Å². The second-order valence-electron chi connectivity index (χ2n) is 5.87. The molecule has 136 valence electrons. The van der Waals surface area contributed by atoms with Gasteiger partial charge in [0.1, 0.15) is 47.1 Å². The first kappa shape index (κ1) is 17.6. The number of phenols is 1. The van der Waals surface area contributed by atoms with E-state index in [4.69, 9.17) is 13.9 Å². The molecule has 1 aliphatic heterocycles. The van der Waals surface area contributed by atoms with Crippen molar-refractivity contribution in [1.29, 1.82) is 0 Å². The molecule has 0 unspecified atom stereocenters. The molecule has 5 atom stereocenters. The predicted molar refractivity (Wildman–Crippen MR) is 83.3 cm³/mol. The minimum atomic E-state index is -1.65. The zero-order valence-electron chi connectivity index (χ0n) is 13.2. The Kier molecular flexibility index (Phi) is 4.67. The van der Waals surface area contributed by atoms with Gasteiger partial charge in [-0.2, -0.15) is 0 Å². The third-order valence-electron chi connectivity index (χ3n) is 4.03. The zero-order valence-corrected chi connectivity index (χ0v) is 13.2. The molecule has 25 heavy (non-hydrogen) atoms. The summed E-state index contributed by atoms with van der Waals surface area (Å²) in [5.74, 6) is 0.00654. The maximum Gasteiger partial charge on any atom is 0.347 e. The zero-order chi connectivity index (χ0) is 18.3. The van der Waals surface area contributed by atoms with Crippen LogP contribution in [-0.4, -0.2) is 62.8 Å². The van der Waals surface area contributed by atoms with Gasteiger partial charge < -0.3 is 39.4 Å². The Morgan fingerprint density at radius 1 is 1.12 bits per heavy atom. The van der Waals surface area contributed by atoms with Crippen molar-refractivity contribution in [2.24, 2.45) is 0 Å². The second-order valence-corrected chi connectivity index (χ2v) is 5.87. The van der Waals surface area contributed by atoms with Crippen molar-refractivity contribution >= 4 is 10.8 Å². The van der Waals surface area contributed by atoms with Crippen molar-refractivity contribution in [1.82, 2.24) is 0 Å². The van der Waals surface area contributed by atoms with E-state index in [1.165, 1.54) is 12.1 Å². The van der Waals surface area contributed by atoms with Gasteiger partial charge >= 0.3 is 5.63 Å². The fraction of sp³-hybridized carbons (Fsp3) is 0.438. The van der Waals surface area contributed by atoms with Gasteiger partial charge in [0.05, 0.1) is 6.61 Å². The number of hydrogen-bond donors (Lipinski definition) is 5. The third kappa shape index (κ3) is 3.20. The van der Waals surface area contributed by atoms with Crippen LogP contribution in [0, 0.1) is 6.92 Å². The number of aromatic hydroxyl groups is 1. The molecule has 1 aliphatic rings. The SMILES string of the molecule is Cc1cc2cc(O)cc(O[C@@H]3O[C@H](CO)[C@@H](O)[C@H](O)[C@H]3O)c2c(=O)o1. The number of hydrogen-bond acceptors (Lipinski definition) is 9. The number of rotatable bonds is 3. The van der Waals surface area contributed by atoms with Gasteiger partial charge in [-0.05, 0) is 24.4 Å². The molecule has 0 spiro atoms. The molecule has 0 saturated carbocycles. The second kappa shape index (κ2) is 6.62. The average molecular weight is 354 g/mol. The fourth-order valence-electron chi connectivity index (χ4n) is 2.78. The molecule has 3 rings (SSSR count). The van der Waals surface area contributed by atoms with E-state index in [9.17, 15) is 30.3 Å². The van der Waals surface area contributed by atoms with Crippen molar-refractivity contribution < 1.29 is 39.4 Å². The molecule has 9 nitrogen and oxygen atoms in total. The van der Waals surface area contributed by atoms with Crippen LogP contribution in [0.25, 0.3) is 10.8 Å². The van der Waals surface area contributed by atoms with Gasteiger partial charge in [-0.1, -0.05) is 0 Å². The maximum atomic E-state index is 12.1. The smallest absolute Gasteiger partial charge is 0.347 e. The number of aliphatic hydroxyl groups is 4. The largest absolute Gasteiger partial charge is 0.508 e. The molecule has 2 heterocycles. The Labute approximate surface area is 141 Å². The third-order valence-corrected chi connectivity index (χ3v) is 4.03. The van der Waals surface area contributed by atoms with E-state index < -0.39 is 42.9 Å². The van der Waals surface area contributed by atoms with Crippen molar-refractivity contribution in [3.05, 3.63) is 34.4 Å². The summed E-state index contributed by atoms with van der Waals surface area (Å²) in [6.45, 7) is 0.954.